The SMILES string of the molecule is CC(C)C[C@H](NC(=O)c1ccc(N2CCN(C(=O)O)CC2)cc1)C(=O)NCCCCNS(=O)(=O)c1ccc(Cl)cc1Cl. The van der Waals surface area contributed by atoms with Crippen molar-refractivity contribution in [2.75, 3.05) is 44.2 Å². The first-order valence-corrected chi connectivity index (χ1v) is 16.0. The van der Waals surface area contributed by atoms with Crippen LogP contribution in [0.1, 0.15) is 43.5 Å². The molecule has 2 aromatic carbocycles. The number of piperazine rings is 1. The molecular weight excluding hydrogens is 605 g/mol. The van der Waals surface area contributed by atoms with Crippen molar-refractivity contribution in [3.63, 3.8) is 0 Å². The van der Waals surface area contributed by atoms with Crippen LogP contribution < -0.4 is 20.3 Å². The summed E-state index contributed by atoms with van der Waals surface area (Å²) in [4.78, 5) is 40.4. The van der Waals surface area contributed by atoms with Crippen LogP contribution in [-0.4, -0.2) is 81.6 Å². The Labute approximate surface area is 256 Å². The highest BCUT2D eigenvalue weighted by molar-refractivity contribution is 7.89. The summed E-state index contributed by atoms with van der Waals surface area (Å²) < 4.78 is 27.5. The highest BCUT2D eigenvalue weighted by Gasteiger charge is 2.24. The average molecular weight is 643 g/mol. The van der Waals surface area contributed by atoms with Gasteiger partial charge in [-0.15, -0.1) is 0 Å². The zero-order chi connectivity index (χ0) is 30.9. The van der Waals surface area contributed by atoms with Gasteiger partial charge in [0.25, 0.3) is 5.91 Å². The summed E-state index contributed by atoms with van der Waals surface area (Å²) in [5.41, 5.74) is 1.31. The monoisotopic (exact) mass is 641 g/mol. The fourth-order valence-corrected chi connectivity index (χ4v) is 6.33. The fourth-order valence-electron chi connectivity index (χ4n) is 4.49. The zero-order valence-corrected chi connectivity index (χ0v) is 25.9. The number of halogens is 2. The lowest BCUT2D eigenvalue weighted by Crippen LogP contribution is -2.48. The maximum atomic E-state index is 13.0. The second-order valence-corrected chi connectivity index (χ2v) is 13.0. The van der Waals surface area contributed by atoms with E-state index in [0.717, 1.165) is 5.69 Å². The number of unbranched alkanes of at least 4 members (excludes halogenated alkanes) is 1. The molecular formula is C28H37Cl2N5O6S. The topological polar surface area (TPSA) is 148 Å². The third-order valence-corrected chi connectivity index (χ3v) is 8.93. The van der Waals surface area contributed by atoms with Gasteiger partial charge in [0.1, 0.15) is 10.9 Å². The van der Waals surface area contributed by atoms with Gasteiger partial charge in [0.2, 0.25) is 15.9 Å². The van der Waals surface area contributed by atoms with Gasteiger partial charge < -0.3 is 25.5 Å². The Morgan fingerprint density at radius 1 is 0.952 bits per heavy atom. The predicted octanol–water partition coefficient (Wildman–Crippen LogP) is 3.81. The summed E-state index contributed by atoms with van der Waals surface area (Å²) in [6.07, 6.45) is 0.521. The first kappa shape index (κ1) is 33.4. The first-order chi connectivity index (χ1) is 19.9. The van der Waals surface area contributed by atoms with Crippen LogP contribution >= 0.6 is 23.2 Å². The number of hydrogen-bond donors (Lipinski definition) is 4. The molecule has 0 spiro atoms. The van der Waals surface area contributed by atoms with Crippen molar-refractivity contribution < 1.29 is 27.9 Å². The molecule has 3 amide bonds. The molecule has 1 aliphatic rings. The summed E-state index contributed by atoms with van der Waals surface area (Å²) in [6.45, 7) is 6.36. The number of rotatable bonds is 13. The molecule has 0 radical (unpaired) electrons. The van der Waals surface area contributed by atoms with Crippen molar-refractivity contribution in [2.45, 2.75) is 44.0 Å². The first-order valence-electron chi connectivity index (χ1n) is 13.7. The van der Waals surface area contributed by atoms with E-state index in [1.54, 1.807) is 12.1 Å². The molecule has 0 aliphatic carbocycles. The van der Waals surface area contributed by atoms with Crippen molar-refractivity contribution in [2.24, 2.45) is 5.92 Å². The lowest BCUT2D eigenvalue weighted by atomic mass is 10.0. The van der Waals surface area contributed by atoms with E-state index in [1.807, 2.05) is 26.0 Å². The maximum Gasteiger partial charge on any atom is 0.407 e. The Morgan fingerprint density at radius 3 is 2.19 bits per heavy atom. The molecule has 14 heteroatoms. The van der Waals surface area contributed by atoms with E-state index in [1.165, 1.54) is 23.1 Å². The number of sulfonamides is 1. The van der Waals surface area contributed by atoms with Crippen LogP contribution in [0.5, 0.6) is 0 Å². The Bertz CT molecular complexity index is 1350. The van der Waals surface area contributed by atoms with E-state index >= 15 is 0 Å². The van der Waals surface area contributed by atoms with Crippen molar-refractivity contribution in [1.29, 1.82) is 0 Å². The highest BCUT2D eigenvalue weighted by atomic mass is 35.5. The molecule has 0 bridgehead atoms. The largest absolute Gasteiger partial charge is 0.465 e. The van der Waals surface area contributed by atoms with E-state index in [9.17, 15) is 22.8 Å². The number of carboxylic acid groups (broad SMARTS) is 1. The van der Waals surface area contributed by atoms with Crippen LogP contribution in [0.25, 0.3) is 0 Å². The van der Waals surface area contributed by atoms with Crippen molar-refractivity contribution in [3.8, 4) is 0 Å². The van der Waals surface area contributed by atoms with Gasteiger partial charge in [-0.1, -0.05) is 37.0 Å². The van der Waals surface area contributed by atoms with Gasteiger partial charge in [-0.3, -0.25) is 9.59 Å². The van der Waals surface area contributed by atoms with E-state index in [-0.39, 0.29) is 34.2 Å². The second-order valence-electron chi connectivity index (χ2n) is 10.4. The Morgan fingerprint density at radius 2 is 1.60 bits per heavy atom. The van der Waals surface area contributed by atoms with E-state index in [0.29, 0.717) is 62.6 Å². The average Bonchev–Trinajstić information content (AvgIpc) is 2.94. The lowest BCUT2D eigenvalue weighted by molar-refractivity contribution is -0.123. The number of amides is 3. The van der Waals surface area contributed by atoms with Gasteiger partial charge in [-0.25, -0.2) is 17.9 Å². The van der Waals surface area contributed by atoms with Gasteiger partial charge in [-0.2, -0.15) is 0 Å². The number of carbonyl (C=O) groups is 3. The molecule has 3 rings (SSSR count). The third kappa shape index (κ3) is 9.75. The van der Waals surface area contributed by atoms with Gasteiger partial charge in [0, 0.05) is 55.5 Å². The Hall–Kier alpha value is -3.06. The van der Waals surface area contributed by atoms with Gasteiger partial charge in [0.15, 0.2) is 0 Å². The molecule has 1 aliphatic heterocycles. The summed E-state index contributed by atoms with van der Waals surface area (Å²) in [6, 6.07) is 10.4. The number of nitrogens with zero attached hydrogens (tertiary/aromatic N) is 2. The molecule has 0 aromatic heterocycles. The van der Waals surface area contributed by atoms with Crippen LogP contribution in [0.15, 0.2) is 47.4 Å². The summed E-state index contributed by atoms with van der Waals surface area (Å²) in [5.74, 6) is -0.520. The molecule has 230 valence electrons. The molecule has 4 N–H and O–H groups in total. The van der Waals surface area contributed by atoms with Crippen LogP contribution in [0.4, 0.5) is 10.5 Å². The highest BCUT2D eigenvalue weighted by Crippen LogP contribution is 2.24. The summed E-state index contributed by atoms with van der Waals surface area (Å²) >= 11 is 11.8. The van der Waals surface area contributed by atoms with Crippen LogP contribution in [0.3, 0.4) is 0 Å². The minimum absolute atomic E-state index is 0.0347. The molecule has 1 saturated heterocycles. The number of anilines is 1. The molecule has 42 heavy (non-hydrogen) atoms. The zero-order valence-electron chi connectivity index (χ0n) is 23.6. The van der Waals surface area contributed by atoms with Gasteiger partial charge >= 0.3 is 6.09 Å². The molecule has 0 unspecified atom stereocenters. The smallest absolute Gasteiger partial charge is 0.407 e. The maximum absolute atomic E-state index is 13.0. The van der Waals surface area contributed by atoms with Crippen LogP contribution in [0.2, 0.25) is 10.0 Å². The lowest BCUT2D eigenvalue weighted by Gasteiger charge is -2.34. The Balaban J connectivity index is 1.45. The van der Waals surface area contributed by atoms with E-state index < -0.39 is 22.2 Å². The Kier molecular flexibility index (Phi) is 12.3. The summed E-state index contributed by atoms with van der Waals surface area (Å²) in [5, 5.41) is 15.2. The molecule has 11 nitrogen and oxygen atoms in total. The third-order valence-electron chi connectivity index (χ3n) is 6.75. The predicted molar refractivity (Wildman–Crippen MR) is 163 cm³/mol. The molecule has 2 aromatic rings. The second kappa shape index (κ2) is 15.4. The number of nitrogens with one attached hydrogen (secondary N) is 3. The van der Waals surface area contributed by atoms with Crippen LogP contribution in [0, 0.1) is 5.92 Å². The standard InChI is InChI=1S/C28H37Cl2N5O6S/c1-19(2)17-24(27(37)31-11-3-4-12-32-42(40,41)25-10-7-21(29)18-23(25)30)33-26(36)20-5-8-22(9-6-20)34-13-15-35(16-14-34)28(38)39/h5-10,18-19,24,32H,3-4,11-17H2,1-2H3,(H,31,37)(H,33,36)(H,38,39)/t24-/m0/s1. The minimum atomic E-state index is -3.79. The van der Waals surface area contributed by atoms with E-state index in [2.05, 4.69) is 20.3 Å². The van der Waals surface area contributed by atoms with Gasteiger partial charge in [-0.05, 0) is 67.6 Å². The van der Waals surface area contributed by atoms with Gasteiger partial charge in [0.05, 0.1) is 5.02 Å². The molecule has 0 saturated carbocycles. The quantitative estimate of drug-likeness (QED) is 0.243. The van der Waals surface area contributed by atoms with Crippen LogP contribution in [-0.2, 0) is 14.8 Å². The van der Waals surface area contributed by atoms with Crippen molar-refractivity contribution in [3.05, 3.63) is 58.1 Å². The summed E-state index contributed by atoms with van der Waals surface area (Å²) in [7, 11) is -3.79. The van der Waals surface area contributed by atoms with Crippen molar-refractivity contribution in [1.82, 2.24) is 20.3 Å². The normalized spacial score (nSPS) is 14.5. The number of benzene rings is 2. The van der Waals surface area contributed by atoms with E-state index in [4.69, 9.17) is 28.3 Å². The van der Waals surface area contributed by atoms with Crippen molar-refractivity contribution >= 4 is 56.8 Å². The molecule has 1 atom stereocenters. The molecule has 1 heterocycles. The minimum Gasteiger partial charge on any atom is -0.465 e. The number of carbonyl (C=O) groups excluding carboxylic acids is 2. The fraction of sp³-hybridized carbons (Fsp3) is 0.464. The number of hydrogen-bond acceptors (Lipinski definition) is 6. The molecule has 1 fully saturated rings.